The lowest BCUT2D eigenvalue weighted by molar-refractivity contribution is -0.0532. The summed E-state index contributed by atoms with van der Waals surface area (Å²) in [5.74, 6) is -5.16. The van der Waals surface area contributed by atoms with E-state index < -0.39 is 57.5 Å². The molecule has 8 nitrogen and oxygen atoms in total. The number of aromatic nitrogens is 2. The SMILES string of the molecule is OC1=Cc2ccc(F)c(F)c2C(c2c(SC(F)(F)F)cc3c(N4CC5CCC(C4)N5)nc(OCC4(CN5CCOC6(CC6)C5)CC4)nc3c2F)C1. The number of anilines is 1. The van der Waals surface area contributed by atoms with Crippen LogP contribution in [-0.2, 0) is 4.74 Å². The largest absolute Gasteiger partial charge is 0.512 e. The molecule has 2 saturated carbocycles. The molecule has 5 fully saturated rings. The van der Waals surface area contributed by atoms with Gasteiger partial charge in [0.05, 0.1) is 24.6 Å². The molecule has 6 aliphatic rings. The first-order valence-electron chi connectivity index (χ1n) is 17.5. The van der Waals surface area contributed by atoms with Crippen LogP contribution in [0.25, 0.3) is 17.0 Å². The number of alkyl halides is 3. The van der Waals surface area contributed by atoms with Gasteiger partial charge in [0.1, 0.15) is 11.3 Å². The minimum Gasteiger partial charge on any atom is -0.512 e. The highest BCUT2D eigenvalue weighted by Crippen LogP contribution is 2.51. The second-order valence-electron chi connectivity index (χ2n) is 15.2. The van der Waals surface area contributed by atoms with Crippen LogP contribution in [0.4, 0.5) is 32.2 Å². The summed E-state index contributed by atoms with van der Waals surface area (Å²) in [5, 5.41) is 14.2. The minimum atomic E-state index is -4.85. The van der Waals surface area contributed by atoms with Crippen molar-refractivity contribution in [2.45, 2.75) is 79.0 Å². The van der Waals surface area contributed by atoms with Gasteiger partial charge in [-0.25, -0.2) is 13.2 Å². The number of ether oxygens (including phenoxy) is 2. The number of aliphatic hydroxyl groups excluding tert-OH is 1. The highest BCUT2D eigenvalue weighted by molar-refractivity contribution is 8.00. The van der Waals surface area contributed by atoms with E-state index in [1.54, 1.807) is 0 Å². The predicted molar refractivity (Wildman–Crippen MR) is 179 cm³/mol. The summed E-state index contributed by atoms with van der Waals surface area (Å²) in [6.07, 6.45) is 6.63. The fourth-order valence-electron chi connectivity index (χ4n) is 8.57. The maximum atomic E-state index is 17.2. The van der Waals surface area contributed by atoms with E-state index in [4.69, 9.17) is 14.5 Å². The van der Waals surface area contributed by atoms with Gasteiger partial charge in [0.25, 0.3) is 0 Å². The van der Waals surface area contributed by atoms with Gasteiger partial charge >= 0.3 is 11.5 Å². The molecule has 3 aliphatic carbocycles. The molecule has 3 aromatic rings. The quantitative estimate of drug-likeness (QED) is 0.187. The Balaban J connectivity index is 1.14. The third-order valence-electron chi connectivity index (χ3n) is 11.4. The van der Waals surface area contributed by atoms with E-state index in [0.29, 0.717) is 19.7 Å². The van der Waals surface area contributed by atoms with E-state index in [1.165, 1.54) is 18.2 Å². The molecule has 1 aromatic heterocycles. The maximum Gasteiger partial charge on any atom is 0.446 e. The van der Waals surface area contributed by atoms with E-state index >= 15 is 8.78 Å². The Bertz CT molecular complexity index is 1920. The van der Waals surface area contributed by atoms with Gasteiger partial charge in [0.2, 0.25) is 0 Å². The summed E-state index contributed by atoms with van der Waals surface area (Å²) in [4.78, 5) is 13.1. The van der Waals surface area contributed by atoms with Gasteiger partial charge in [-0.1, -0.05) is 6.07 Å². The highest BCUT2D eigenvalue weighted by Gasteiger charge is 2.51. The van der Waals surface area contributed by atoms with Crippen molar-refractivity contribution in [3.63, 3.8) is 0 Å². The third-order valence-corrected chi connectivity index (χ3v) is 12.2. The second-order valence-corrected chi connectivity index (χ2v) is 16.3. The molecule has 3 unspecified atom stereocenters. The molecule has 9 rings (SSSR count). The Kier molecular flexibility index (Phi) is 7.99. The number of morpholine rings is 1. The molecule has 4 heterocycles. The number of piperazine rings is 1. The zero-order valence-corrected chi connectivity index (χ0v) is 28.5. The van der Waals surface area contributed by atoms with Crippen LogP contribution in [0.3, 0.4) is 0 Å². The second kappa shape index (κ2) is 12.1. The number of aliphatic hydroxyl groups is 1. The number of nitrogens with one attached hydrogen (secondary N) is 1. The van der Waals surface area contributed by atoms with Crippen molar-refractivity contribution in [1.29, 1.82) is 0 Å². The average molecular weight is 734 g/mol. The van der Waals surface area contributed by atoms with Crippen molar-refractivity contribution in [3.05, 3.63) is 58.1 Å². The molecule has 2 aromatic carbocycles. The van der Waals surface area contributed by atoms with Gasteiger partial charge < -0.3 is 24.8 Å². The first-order valence-corrected chi connectivity index (χ1v) is 18.4. The zero-order valence-electron chi connectivity index (χ0n) is 27.7. The Morgan fingerprint density at radius 3 is 2.49 bits per heavy atom. The van der Waals surface area contributed by atoms with Gasteiger partial charge in [-0.3, -0.25) is 4.90 Å². The van der Waals surface area contributed by atoms with Crippen LogP contribution in [0.15, 0.2) is 28.9 Å². The van der Waals surface area contributed by atoms with Crippen LogP contribution in [0.5, 0.6) is 6.01 Å². The maximum absolute atomic E-state index is 17.2. The van der Waals surface area contributed by atoms with Crippen LogP contribution in [0, 0.1) is 22.9 Å². The van der Waals surface area contributed by atoms with Crippen LogP contribution in [0.1, 0.15) is 67.6 Å². The van der Waals surface area contributed by atoms with Crippen molar-refractivity contribution in [2.24, 2.45) is 5.41 Å². The highest BCUT2D eigenvalue weighted by atomic mass is 32.2. The van der Waals surface area contributed by atoms with Gasteiger partial charge in [0.15, 0.2) is 17.5 Å². The number of rotatable bonds is 8. The Labute approximate surface area is 294 Å². The topological polar surface area (TPSA) is 83.0 Å². The van der Waals surface area contributed by atoms with Gasteiger partial charge in [-0.05, 0) is 74.1 Å². The fourth-order valence-corrected chi connectivity index (χ4v) is 9.33. The summed E-state index contributed by atoms with van der Waals surface area (Å²) in [5.41, 5.74) is -6.07. The lowest BCUT2D eigenvalue weighted by Crippen LogP contribution is -2.51. The number of allylic oxidation sites excluding steroid dienone is 1. The van der Waals surface area contributed by atoms with E-state index in [9.17, 15) is 22.7 Å². The zero-order chi connectivity index (χ0) is 35.3. The third kappa shape index (κ3) is 6.41. The number of nitrogens with zero attached hydrogens (tertiary/aromatic N) is 4. The van der Waals surface area contributed by atoms with Gasteiger partial charge in [-0.2, -0.15) is 23.1 Å². The summed E-state index contributed by atoms with van der Waals surface area (Å²) >= 11 is -0.537. The number of hydrogen-bond acceptors (Lipinski definition) is 9. The molecule has 2 bridgehead atoms. The number of thioether (sulfide) groups is 1. The van der Waals surface area contributed by atoms with Crippen LogP contribution >= 0.6 is 11.8 Å². The normalized spacial score (nSPS) is 26.4. The molecule has 0 radical (unpaired) electrons. The van der Waals surface area contributed by atoms with E-state index in [2.05, 4.69) is 15.2 Å². The van der Waals surface area contributed by atoms with Crippen molar-refractivity contribution < 1.29 is 40.9 Å². The van der Waals surface area contributed by atoms with Crippen molar-refractivity contribution >= 4 is 34.6 Å². The van der Waals surface area contributed by atoms with Crippen LogP contribution in [0.2, 0.25) is 0 Å². The van der Waals surface area contributed by atoms with Gasteiger partial charge in [-0.15, -0.1) is 0 Å². The van der Waals surface area contributed by atoms with E-state index in [0.717, 1.165) is 64.2 Å². The van der Waals surface area contributed by atoms with Crippen molar-refractivity contribution in [3.8, 4) is 6.01 Å². The summed E-state index contributed by atoms with van der Waals surface area (Å²) in [7, 11) is 0. The Morgan fingerprint density at radius 1 is 1.02 bits per heavy atom. The van der Waals surface area contributed by atoms with Gasteiger partial charge in [0, 0.05) is 84.0 Å². The molecule has 15 heteroatoms. The van der Waals surface area contributed by atoms with E-state index in [-0.39, 0.29) is 69.3 Å². The number of hydrogen-bond donors (Lipinski definition) is 2. The summed E-state index contributed by atoms with van der Waals surface area (Å²) in [6, 6.07) is 3.45. The monoisotopic (exact) mass is 733 g/mol. The first kappa shape index (κ1) is 33.6. The van der Waals surface area contributed by atoms with E-state index in [1.807, 2.05) is 4.90 Å². The lowest BCUT2D eigenvalue weighted by Gasteiger charge is -2.35. The lowest BCUT2D eigenvalue weighted by atomic mass is 9.80. The van der Waals surface area contributed by atoms with Crippen LogP contribution in [-0.4, -0.2) is 89.1 Å². The molecule has 3 atom stereocenters. The molecule has 272 valence electrons. The van der Waals surface area contributed by atoms with Crippen molar-refractivity contribution in [2.75, 3.05) is 50.8 Å². The molecular formula is C36H37F6N5O3S. The standard InChI is InChI=1S/C36H37F6N5O3S/c37-25-4-1-19-11-22(48)12-23(27(19)29(25)38)28-26(51-36(40,41)42)13-24-31(30(28)39)44-33(45-32(24)47-14-20-2-3-21(15-47)43-20)49-18-34(5-6-34)16-46-9-10-50-35(17-46)7-8-35/h1,4,11,13,20-21,23,43,48H,2-3,5-10,12,14-18H2. The Hall–Kier alpha value is -3.27. The molecule has 3 saturated heterocycles. The number of benzene rings is 2. The first-order chi connectivity index (χ1) is 24.4. The smallest absolute Gasteiger partial charge is 0.446 e. The Morgan fingerprint density at radius 2 is 1.78 bits per heavy atom. The number of fused-ring (bicyclic) bond motifs is 4. The predicted octanol–water partition coefficient (Wildman–Crippen LogP) is 7.06. The molecule has 2 N–H and O–H groups in total. The minimum absolute atomic E-state index is 0.0210. The fraction of sp³-hybridized carbons (Fsp3) is 0.556. The summed E-state index contributed by atoms with van der Waals surface area (Å²) < 4.78 is 102. The molecule has 51 heavy (non-hydrogen) atoms. The molecule has 1 spiro atoms. The average Bonchev–Trinajstić information content (AvgIpc) is 3.99. The summed E-state index contributed by atoms with van der Waals surface area (Å²) in [6.45, 7) is 4.51. The van der Waals surface area contributed by atoms with Crippen molar-refractivity contribution in [1.82, 2.24) is 20.2 Å². The van der Waals surface area contributed by atoms with Crippen LogP contribution < -0.4 is 15.0 Å². The molecule has 3 aliphatic heterocycles. The molecule has 0 amide bonds. The number of halogens is 6. The molecular weight excluding hydrogens is 696 g/mol.